The summed E-state index contributed by atoms with van der Waals surface area (Å²) in [5.41, 5.74) is 1.38. The van der Waals surface area contributed by atoms with Crippen LogP contribution in [0.2, 0.25) is 0 Å². The average molecular weight is 359 g/mol. The van der Waals surface area contributed by atoms with Crippen molar-refractivity contribution in [2.75, 3.05) is 6.79 Å². The second kappa shape index (κ2) is 5.60. The molecule has 1 saturated heterocycles. The SMILES string of the molecule is O=P1(O)O[C@@H]2[C@H](O1)[C@@H](O)C=C1c3cc4c(cc3C([O-])=N[C@H]12)OCO4.[Li+]. The molecule has 0 saturated carbocycles. The number of phosphoric acid groups is 1. The summed E-state index contributed by atoms with van der Waals surface area (Å²) in [7, 11) is -4.28. The third-order valence-electron chi connectivity index (χ3n) is 4.46. The Morgan fingerprint density at radius 2 is 1.80 bits per heavy atom. The maximum Gasteiger partial charge on any atom is 1.00 e. The maximum atomic E-state index is 12.4. The van der Waals surface area contributed by atoms with Gasteiger partial charge in [-0.15, -0.1) is 0 Å². The van der Waals surface area contributed by atoms with Crippen LogP contribution in [0.5, 0.6) is 11.5 Å². The molecule has 126 valence electrons. The fraction of sp³-hybridized carbons (Fsp3) is 0.357. The Morgan fingerprint density at radius 3 is 2.52 bits per heavy atom. The molecule has 0 amide bonds. The van der Waals surface area contributed by atoms with E-state index >= 15 is 0 Å². The van der Waals surface area contributed by atoms with Gasteiger partial charge in [-0.3, -0.25) is 14.0 Å². The van der Waals surface area contributed by atoms with E-state index in [-0.39, 0.29) is 25.7 Å². The topological polar surface area (TPSA) is 130 Å². The van der Waals surface area contributed by atoms with Gasteiger partial charge in [0.1, 0.15) is 24.4 Å². The van der Waals surface area contributed by atoms with E-state index in [9.17, 15) is 19.7 Å². The second-order valence-electron chi connectivity index (χ2n) is 5.85. The molecule has 4 aliphatic rings. The molecule has 2 N–H and O–H groups in total. The van der Waals surface area contributed by atoms with Crippen LogP contribution in [0.4, 0.5) is 0 Å². The van der Waals surface area contributed by atoms with Crippen LogP contribution in [0.25, 0.3) is 5.57 Å². The van der Waals surface area contributed by atoms with Crippen LogP contribution in [-0.2, 0) is 13.6 Å². The van der Waals surface area contributed by atoms with Crippen molar-refractivity contribution in [2.24, 2.45) is 4.99 Å². The van der Waals surface area contributed by atoms with Crippen LogP contribution in [0.1, 0.15) is 11.1 Å². The summed E-state index contributed by atoms with van der Waals surface area (Å²) in [4.78, 5) is 13.6. The first-order chi connectivity index (χ1) is 11.4. The summed E-state index contributed by atoms with van der Waals surface area (Å²) in [5.74, 6) is 0.436. The molecule has 9 nitrogen and oxygen atoms in total. The average Bonchev–Trinajstić information content (AvgIpc) is 3.10. The molecule has 3 aliphatic heterocycles. The summed E-state index contributed by atoms with van der Waals surface area (Å²) in [6, 6.07) is 2.36. The van der Waals surface area contributed by atoms with Gasteiger partial charge in [0.25, 0.3) is 0 Å². The smallest absolute Gasteiger partial charge is 0.858 e. The summed E-state index contributed by atoms with van der Waals surface area (Å²) in [6.07, 6.45) is -1.76. The maximum absolute atomic E-state index is 12.4. The molecule has 25 heavy (non-hydrogen) atoms. The largest absolute Gasteiger partial charge is 1.00 e. The van der Waals surface area contributed by atoms with Gasteiger partial charge >= 0.3 is 26.7 Å². The van der Waals surface area contributed by atoms with Crippen molar-refractivity contribution in [1.29, 1.82) is 0 Å². The normalized spacial score (nSPS) is 37.2. The van der Waals surface area contributed by atoms with E-state index in [0.717, 1.165) is 0 Å². The first-order valence-electron chi connectivity index (χ1n) is 7.21. The number of benzene rings is 1. The van der Waals surface area contributed by atoms with Crippen LogP contribution in [-0.4, -0.2) is 47.0 Å². The number of nitrogens with zero attached hydrogens (tertiary/aromatic N) is 1. The number of aliphatic hydroxyl groups excluding tert-OH is 1. The van der Waals surface area contributed by atoms with Gasteiger partial charge in [0, 0.05) is 0 Å². The van der Waals surface area contributed by atoms with Crippen molar-refractivity contribution in [3.8, 4) is 11.5 Å². The third kappa shape index (κ3) is 2.47. The molecular formula is C14H11LiNO8P. The Bertz CT molecular complexity index is 871. The van der Waals surface area contributed by atoms with Crippen molar-refractivity contribution in [3.63, 3.8) is 0 Å². The molecular weight excluding hydrogens is 348 g/mol. The monoisotopic (exact) mass is 359 g/mol. The number of fused-ring (bicyclic) bond motifs is 6. The van der Waals surface area contributed by atoms with Crippen LogP contribution >= 0.6 is 7.82 Å². The van der Waals surface area contributed by atoms with Gasteiger partial charge in [0.05, 0.1) is 0 Å². The molecule has 1 unspecified atom stereocenters. The molecule has 1 aliphatic carbocycles. The molecule has 1 aromatic rings. The van der Waals surface area contributed by atoms with E-state index < -0.39 is 38.1 Å². The predicted molar refractivity (Wildman–Crippen MR) is 76.4 cm³/mol. The van der Waals surface area contributed by atoms with E-state index in [0.29, 0.717) is 28.2 Å². The number of ether oxygens (including phenoxy) is 2. The Kier molecular flexibility index (Phi) is 3.83. The predicted octanol–water partition coefficient (Wildman–Crippen LogP) is -3.45. The van der Waals surface area contributed by atoms with Gasteiger partial charge in [0.15, 0.2) is 11.5 Å². The Balaban J connectivity index is 0.00000157. The van der Waals surface area contributed by atoms with Gasteiger partial charge in [-0.2, -0.15) is 0 Å². The van der Waals surface area contributed by atoms with Crippen LogP contribution in [0.15, 0.2) is 23.2 Å². The zero-order valence-electron chi connectivity index (χ0n) is 13.0. The van der Waals surface area contributed by atoms with Crippen molar-refractivity contribution >= 4 is 19.3 Å². The van der Waals surface area contributed by atoms with E-state index in [1.54, 1.807) is 12.1 Å². The van der Waals surface area contributed by atoms with Crippen molar-refractivity contribution in [1.82, 2.24) is 0 Å². The van der Waals surface area contributed by atoms with Crippen molar-refractivity contribution in [3.05, 3.63) is 29.3 Å². The summed E-state index contributed by atoms with van der Waals surface area (Å²) in [5, 5.41) is 22.6. The summed E-state index contributed by atoms with van der Waals surface area (Å²) < 4.78 is 32.2. The Hall–Kier alpha value is -1.30. The van der Waals surface area contributed by atoms with Gasteiger partial charge in [-0.25, -0.2) is 4.57 Å². The minimum atomic E-state index is -4.28. The molecule has 5 atom stereocenters. The number of aliphatic hydroxyl groups is 1. The van der Waals surface area contributed by atoms with Gasteiger partial charge in [0.2, 0.25) is 6.79 Å². The van der Waals surface area contributed by atoms with Crippen LogP contribution < -0.4 is 33.4 Å². The van der Waals surface area contributed by atoms with E-state index in [4.69, 9.17) is 18.5 Å². The number of rotatable bonds is 0. The van der Waals surface area contributed by atoms with Gasteiger partial charge in [-0.05, 0) is 40.8 Å². The molecule has 0 radical (unpaired) electrons. The first kappa shape index (κ1) is 17.1. The minimum absolute atomic E-state index is 0. The van der Waals surface area contributed by atoms with Gasteiger partial charge < -0.3 is 24.6 Å². The standard InChI is InChI=1S/C14H12NO8P.Li/c16-8-1-6-5-2-9-10(21-4-20-9)3-7(5)14(17)15-11(6)13-12(8)22-24(18,19)23-13;/h1-3,8,11-13,16H,4H2,(H,15,17)(H,18,19);/q;+1/p-1/t8-,11+,12+,13-;/m0./s1. The van der Waals surface area contributed by atoms with Gasteiger partial charge in [-0.1, -0.05) is 0 Å². The number of hydrogen-bond acceptors (Lipinski definition) is 8. The first-order valence-corrected chi connectivity index (χ1v) is 8.71. The fourth-order valence-corrected chi connectivity index (χ4v) is 4.59. The fourth-order valence-electron chi connectivity index (χ4n) is 3.45. The molecule has 11 heteroatoms. The molecule has 1 fully saturated rings. The molecule has 0 bridgehead atoms. The second-order valence-corrected chi connectivity index (χ2v) is 7.21. The molecule has 0 aromatic heterocycles. The van der Waals surface area contributed by atoms with E-state index in [1.807, 2.05) is 0 Å². The van der Waals surface area contributed by atoms with Crippen LogP contribution in [0, 0.1) is 0 Å². The summed E-state index contributed by atoms with van der Waals surface area (Å²) >= 11 is 0. The number of hydrogen-bond donors (Lipinski definition) is 2. The molecule has 3 heterocycles. The quantitative estimate of drug-likeness (QED) is 0.361. The molecule has 0 spiro atoms. The number of aliphatic imine (C=N–C) groups is 1. The Morgan fingerprint density at radius 1 is 1.16 bits per heavy atom. The van der Waals surface area contributed by atoms with E-state index in [2.05, 4.69) is 4.99 Å². The molecule has 5 rings (SSSR count). The third-order valence-corrected chi connectivity index (χ3v) is 5.48. The van der Waals surface area contributed by atoms with Crippen molar-refractivity contribution < 1.29 is 57.1 Å². The van der Waals surface area contributed by atoms with Crippen molar-refractivity contribution in [2.45, 2.75) is 24.4 Å². The zero-order valence-corrected chi connectivity index (χ0v) is 13.9. The zero-order chi connectivity index (χ0) is 16.6. The molecule has 1 aromatic carbocycles. The minimum Gasteiger partial charge on any atom is -0.858 e. The van der Waals surface area contributed by atoms with Crippen LogP contribution in [0.3, 0.4) is 0 Å². The number of phosphoric ester groups is 1. The Labute approximate surface area is 153 Å². The van der Waals surface area contributed by atoms with E-state index in [1.165, 1.54) is 6.08 Å². The summed E-state index contributed by atoms with van der Waals surface area (Å²) in [6.45, 7) is 0.0595.